The zero-order valence-corrected chi connectivity index (χ0v) is 27.5. The molecule has 12 heteroatoms. The number of nitrogens with one attached hydrogen (secondary N) is 2. The number of ether oxygens (including phenoxy) is 1. The predicted octanol–water partition coefficient (Wildman–Crippen LogP) is 6.41. The first-order chi connectivity index (χ1) is 22.5. The molecule has 3 N–H and O–H groups in total. The topological polar surface area (TPSA) is 148 Å². The second-order valence-electron chi connectivity index (χ2n) is 11.8. The number of hydrogen-bond acceptors (Lipinski definition) is 8. The smallest absolute Gasteiger partial charge is 0.335 e. The average Bonchev–Trinajstić information content (AvgIpc) is 3.46. The lowest BCUT2D eigenvalue weighted by Gasteiger charge is -2.21. The van der Waals surface area contributed by atoms with Crippen molar-refractivity contribution < 1.29 is 23.1 Å². The fourth-order valence-corrected chi connectivity index (χ4v) is 6.31. The molecule has 3 aromatic carbocycles. The Balaban J connectivity index is 1.41. The van der Waals surface area contributed by atoms with Gasteiger partial charge in [-0.05, 0) is 61.1 Å². The van der Waals surface area contributed by atoms with E-state index in [1.807, 2.05) is 61.1 Å². The summed E-state index contributed by atoms with van der Waals surface area (Å²) < 4.78 is 37.2. The Labute approximate surface area is 274 Å². The maximum Gasteiger partial charge on any atom is 0.335 e. The normalized spacial score (nSPS) is 12.1. The van der Waals surface area contributed by atoms with Gasteiger partial charge in [-0.25, -0.2) is 22.9 Å². The van der Waals surface area contributed by atoms with Gasteiger partial charge in [0.15, 0.2) is 0 Å². The Morgan fingerprint density at radius 1 is 0.957 bits per heavy atom. The number of aromatic carboxylic acids is 1. The molecule has 0 aliphatic heterocycles. The van der Waals surface area contributed by atoms with Gasteiger partial charge in [0, 0.05) is 17.8 Å². The number of rotatable bonds is 14. The molecule has 0 saturated carbocycles. The van der Waals surface area contributed by atoms with E-state index in [9.17, 15) is 18.3 Å². The molecule has 0 saturated heterocycles. The van der Waals surface area contributed by atoms with Crippen molar-refractivity contribution >= 4 is 27.6 Å². The lowest BCUT2D eigenvalue weighted by molar-refractivity contribution is 0.0696. The van der Waals surface area contributed by atoms with Crippen molar-refractivity contribution in [1.82, 2.24) is 19.7 Å². The lowest BCUT2D eigenvalue weighted by atomic mass is 10.00. The van der Waals surface area contributed by atoms with Crippen LogP contribution in [0.4, 0.5) is 11.6 Å². The summed E-state index contributed by atoms with van der Waals surface area (Å²) in [6.07, 6.45) is 4.53. The third-order valence-corrected chi connectivity index (χ3v) is 8.76. The number of hydrogen-bond donors (Lipinski definition) is 3. The van der Waals surface area contributed by atoms with Gasteiger partial charge in [-0.1, -0.05) is 68.4 Å². The second kappa shape index (κ2) is 14.5. The first kappa shape index (κ1) is 33.1. The highest BCUT2D eigenvalue weighted by Crippen LogP contribution is 2.30. The van der Waals surface area contributed by atoms with Crippen LogP contribution in [0.15, 0.2) is 96.2 Å². The van der Waals surface area contributed by atoms with Gasteiger partial charge in [-0.3, -0.25) is 4.68 Å². The summed E-state index contributed by atoms with van der Waals surface area (Å²) in [7, 11) is -4.23. The molecule has 0 amide bonds. The van der Waals surface area contributed by atoms with Gasteiger partial charge in [0.05, 0.1) is 40.6 Å². The second-order valence-corrected chi connectivity index (χ2v) is 13.5. The van der Waals surface area contributed by atoms with E-state index in [-0.39, 0.29) is 34.9 Å². The molecule has 0 aliphatic carbocycles. The Morgan fingerprint density at radius 2 is 1.68 bits per heavy atom. The number of carboxylic acids is 1. The van der Waals surface area contributed by atoms with Crippen molar-refractivity contribution in [2.45, 2.75) is 51.6 Å². The fraction of sp³-hybridized carbons (Fsp3) is 0.257. The predicted molar refractivity (Wildman–Crippen MR) is 181 cm³/mol. The van der Waals surface area contributed by atoms with Crippen LogP contribution in [0.1, 0.15) is 47.3 Å². The molecule has 1 atom stereocenters. The van der Waals surface area contributed by atoms with Gasteiger partial charge in [-0.15, -0.1) is 0 Å². The lowest BCUT2D eigenvalue weighted by Crippen LogP contribution is -2.29. The minimum absolute atomic E-state index is 0.109. The van der Waals surface area contributed by atoms with Gasteiger partial charge in [-0.2, -0.15) is 10.1 Å². The van der Waals surface area contributed by atoms with Crippen molar-refractivity contribution in [2.24, 2.45) is 5.92 Å². The number of anilines is 2. The van der Waals surface area contributed by atoms with E-state index in [0.717, 1.165) is 40.4 Å². The molecule has 11 nitrogen and oxygen atoms in total. The highest BCUT2D eigenvalue weighted by atomic mass is 32.2. The van der Waals surface area contributed by atoms with E-state index in [0.29, 0.717) is 18.2 Å². The SMILES string of the molecule is Cc1cccc(C)c1-c1cc(OCC(CC(C)C)Nc2cnn(Cc3ccccc3)c2)nc(NS(=O)(=O)c2cccc(C(=O)O)c2)n1. The summed E-state index contributed by atoms with van der Waals surface area (Å²) in [6, 6.07) is 22.6. The van der Waals surface area contributed by atoms with E-state index in [4.69, 9.17) is 4.74 Å². The van der Waals surface area contributed by atoms with Crippen molar-refractivity contribution in [3.63, 3.8) is 0 Å². The van der Waals surface area contributed by atoms with Crippen LogP contribution in [-0.2, 0) is 16.6 Å². The molecule has 5 aromatic rings. The van der Waals surface area contributed by atoms with Crippen LogP contribution in [0.5, 0.6) is 5.88 Å². The molecule has 0 radical (unpaired) electrons. The maximum absolute atomic E-state index is 13.3. The van der Waals surface area contributed by atoms with Crippen LogP contribution in [0, 0.1) is 19.8 Å². The molecule has 0 aliphatic rings. The highest BCUT2D eigenvalue weighted by molar-refractivity contribution is 7.92. The van der Waals surface area contributed by atoms with E-state index >= 15 is 0 Å². The molecule has 2 aromatic heterocycles. The Hall–Kier alpha value is -5.23. The standard InChI is InChI=1S/C35H38N6O5S/c1-23(2)16-28(37-29-19-36-41(21-29)20-26-12-6-5-7-13-26)22-46-32-18-31(33-24(3)10-8-11-25(33)4)38-35(39-32)40-47(44,45)30-15-9-14-27(17-30)34(42)43/h5-15,17-19,21,23,28,37H,16,20,22H2,1-4H3,(H,42,43)(H,38,39,40). The fourth-order valence-electron chi connectivity index (χ4n) is 5.32. The first-order valence-electron chi connectivity index (χ1n) is 15.2. The summed E-state index contributed by atoms with van der Waals surface area (Å²) in [5.74, 6) is -0.893. The summed E-state index contributed by atoms with van der Waals surface area (Å²) in [6.45, 7) is 9.04. The van der Waals surface area contributed by atoms with Gasteiger partial charge < -0.3 is 15.2 Å². The third kappa shape index (κ3) is 8.73. The molecule has 47 heavy (non-hydrogen) atoms. The van der Waals surface area contributed by atoms with Gasteiger partial charge in [0.25, 0.3) is 10.0 Å². The molecule has 5 rings (SSSR count). The molecule has 1 unspecified atom stereocenters. The summed E-state index contributed by atoms with van der Waals surface area (Å²) >= 11 is 0. The molecular formula is C35H38N6O5S. The van der Waals surface area contributed by atoms with E-state index < -0.39 is 16.0 Å². The van der Waals surface area contributed by atoms with Crippen LogP contribution in [0.25, 0.3) is 11.3 Å². The summed E-state index contributed by atoms with van der Waals surface area (Å²) in [4.78, 5) is 20.2. The minimum atomic E-state index is -4.23. The molecule has 0 spiro atoms. The van der Waals surface area contributed by atoms with E-state index in [1.54, 1.807) is 12.3 Å². The minimum Gasteiger partial charge on any atom is -0.478 e. The number of benzene rings is 3. The molecular weight excluding hydrogens is 616 g/mol. The molecule has 244 valence electrons. The van der Waals surface area contributed by atoms with Crippen LogP contribution >= 0.6 is 0 Å². The molecule has 0 bridgehead atoms. The zero-order chi connectivity index (χ0) is 33.6. The summed E-state index contributed by atoms with van der Waals surface area (Å²) in [5.41, 5.74) is 5.05. The number of aryl methyl sites for hydroxylation is 2. The zero-order valence-electron chi connectivity index (χ0n) is 26.7. The van der Waals surface area contributed by atoms with Crippen LogP contribution in [-0.4, -0.2) is 51.9 Å². The van der Waals surface area contributed by atoms with Crippen molar-refractivity contribution in [1.29, 1.82) is 0 Å². The number of aromatic nitrogens is 4. The van der Waals surface area contributed by atoms with Crippen LogP contribution in [0.3, 0.4) is 0 Å². The highest BCUT2D eigenvalue weighted by Gasteiger charge is 2.21. The van der Waals surface area contributed by atoms with Gasteiger partial charge >= 0.3 is 5.97 Å². The molecule has 2 heterocycles. The first-order valence-corrected chi connectivity index (χ1v) is 16.7. The van der Waals surface area contributed by atoms with E-state index in [1.165, 1.54) is 18.2 Å². The van der Waals surface area contributed by atoms with Crippen molar-refractivity contribution in [3.8, 4) is 17.1 Å². The van der Waals surface area contributed by atoms with E-state index in [2.05, 4.69) is 51.1 Å². The number of nitrogens with zero attached hydrogens (tertiary/aromatic N) is 4. The van der Waals surface area contributed by atoms with Crippen LogP contribution in [0.2, 0.25) is 0 Å². The monoisotopic (exact) mass is 654 g/mol. The number of sulfonamides is 1. The molecule has 0 fully saturated rings. The Bertz CT molecular complexity index is 1940. The maximum atomic E-state index is 13.3. The largest absolute Gasteiger partial charge is 0.478 e. The quantitative estimate of drug-likeness (QED) is 0.124. The summed E-state index contributed by atoms with van der Waals surface area (Å²) in [5, 5.41) is 17.4. The Kier molecular flexibility index (Phi) is 10.2. The van der Waals surface area contributed by atoms with Gasteiger partial charge in [0.1, 0.15) is 6.61 Å². The third-order valence-electron chi connectivity index (χ3n) is 7.44. The average molecular weight is 655 g/mol. The van der Waals surface area contributed by atoms with Crippen molar-refractivity contribution in [2.75, 3.05) is 16.6 Å². The number of carbonyl (C=O) groups is 1. The van der Waals surface area contributed by atoms with Crippen molar-refractivity contribution in [3.05, 3.63) is 114 Å². The number of carboxylic acid groups (broad SMARTS) is 1. The van der Waals surface area contributed by atoms with Crippen LogP contribution < -0.4 is 14.8 Å². The van der Waals surface area contributed by atoms with Gasteiger partial charge in [0.2, 0.25) is 11.8 Å². The Morgan fingerprint density at radius 3 is 2.38 bits per heavy atom.